The molecule has 16 heavy (non-hydrogen) atoms. The standard InChI is InChI=1S/C11H17NO3S/c1-9(12)11(7-8-16(13,14)15)10-5-3-2-4-6-10/h2-6,9,11H,7-8,12H2,1H3,(H,13,14,15)/t9-,11-/m1/s1. The van der Waals surface area contributed by atoms with Gasteiger partial charge in [-0.3, -0.25) is 4.55 Å². The van der Waals surface area contributed by atoms with Crippen LogP contribution in [-0.2, 0) is 10.1 Å². The number of hydrogen-bond acceptors (Lipinski definition) is 3. The number of hydrogen-bond donors (Lipinski definition) is 2. The fourth-order valence-corrected chi connectivity index (χ4v) is 2.26. The molecule has 2 atom stereocenters. The second kappa shape index (κ2) is 5.43. The number of nitrogens with two attached hydrogens (primary N) is 1. The molecule has 0 aromatic heterocycles. The third kappa shape index (κ3) is 4.30. The summed E-state index contributed by atoms with van der Waals surface area (Å²) in [6.07, 6.45) is 0.334. The van der Waals surface area contributed by atoms with Gasteiger partial charge in [0.05, 0.1) is 5.75 Å². The summed E-state index contributed by atoms with van der Waals surface area (Å²) in [6, 6.07) is 9.35. The Balaban J connectivity index is 2.77. The molecule has 4 nitrogen and oxygen atoms in total. The van der Waals surface area contributed by atoms with Crippen LogP contribution in [0.3, 0.4) is 0 Å². The van der Waals surface area contributed by atoms with Gasteiger partial charge in [-0.15, -0.1) is 0 Å². The summed E-state index contributed by atoms with van der Waals surface area (Å²) in [5.41, 5.74) is 6.82. The van der Waals surface area contributed by atoms with Gasteiger partial charge in [0.25, 0.3) is 10.1 Å². The molecule has 0 fully saturated rings. The van der Waals surface area contributed by atoms with Crippen LogP contribution in [0, 0.1) is 0 Å². The molecule has 90 valence electrons. The van der Waals surface area contributed by atoms with Crippen molar-refractivity contribution in [2.75, 3.05) is 5.75 Å². The number of rotatable bonds is 5. The summed E-state index contributed by atoms with van der Waals surface area (Å²) >= 11 is 0. The van der Waals surface area contributed by atoms with Gasteiger partial charge in [0, 0.05) is 6.04 Å². The van der Waals surface area contributed by atoms with E-state index in [1.165, 1.54) is 0 Å². The van der Waals surface area contributed by atoms with E-state index in [0.717, 1.165) is 5.56 Å². The van der Waals surface area contributed by atoms with Gasteiger partial charge in [0.2, 0.25) is 0 Å². The maximum absolute atomic E-state index is 10.7. The lowest BCUT2D eigenvalue weighted by atomic mass is 9.91. The predicted octanol–water partition coefficient (Wildman–Crippen LogP) is 1.40. The van der Waals surface area contributed by atoms with Gasteiger partial charge in [0.1, 0.15) is 0 Å². The molecule has 0 bridgehead atoms. The van der Waals surface area contributed by atoms with Crippen LogP contribution in [0.15, 0.2) is 30.3 Å². The Bertz CT molecular complexity index is 414. The highest BCUT2D eigenvalue weighted by atomic mass is 32.2. The largest absolute Gasteiger partial charge is 0.327 e. The zero-order valence-corrected chi connectivity index (χ0v) is 10.0. The van der Waals surface area contributed by atoms with Crippen LogP contribution in [0.5, 0.6) is 0 Å². The molecule has 1 aromatic carbocycles. The highest BCUT2D eigenvalue weighted by molar-refractivity contribution is 7.85. The first kappa shape index (κ1) is 13.2. The molecule has 0 spiro atoms. The first-order valence-corrected chi connectivity index (χ1v) is 6.77. The maximum atomic E-state index is 10.7. The monoisotopic (exact) mass is 243 g/mol. The molecule has 0 heterocycles. The first-order valence-electron chi connectivity index (χ1n) is 5.16. The average Bonchev–Trinajstić information content (AvgIpc) is 2.17. The van der Waals surface area contributed by atoms with Crippen LogP contribution in [-0.4, -0.2) is 24.8 Å². The lowest BCUT2D eigenvalue weighted by molar-refractivity contribution is 0.471. The van der Waals surface area contributed by atoms with Gasteiger partial charge in [-0.1, -0.05) is 30.3 Å². The van der Waals surface area contributed by atoms with Gasteiger partial charge >= 0.3 is 0 Å². The van der Waals surface area contributed by atoms with Crippen LogP contribution in [0.2, 0.25) is 0 Å². The molecule has 0 aliphatic carbocycles. The summed E-state index contributed by atoms with van der Waals surface area (Å²) < 4.78 is 30.1. The molecular formula is C11H17NO3S. The second-order valence-corrected chi connectivity index (χ2v) is 5.52. The van der Waals surface area contributed by atoms with Crippen molar-refractivity contribution in [3.8, 4) is 0 Å². The van der Waals surface area contributed by atoms with Crippen LogP contribution in [0.25, 0.3) is 0 Å². The van der Waals surface area contributed by atoms with Crippen LogP contribution < -0.4 is 5.73 Å². The summed E-state index contributed by atoms with van der Waals surface area (Å²) in [4.78, 5) is 0. The predicted molar refractivity (Wildman–Crippen MR) is 63.9 cm³/mol. The summed E-state index contributed by atoms with van der Waals surface area (Å²) in [6.45, 7) is 1.83. The zero-order valence-electron chi connectivity index (χ0n) is 9.20. The van der Waals surface area contributed by atoms with E-state index in [4.69, 9.17) is 10.3 Å². The molecule has 5 heteroatoms. The van der Waals surface area contributed by atoms with Gasteiger partial charge < -0.3 is 5.73 Å². The SMILES string of the molecule is C[C@@H](N)[C@@H](CCS(=O)(=O)O)c1ccccc1. The molecule has 0 aliphatic rings. The Morgan fingerprint density at radius 1 is 1.31 bits per heavy atom. The quantitative estimate of drug-likeness (QED) is 0.766. The van der Waals surface area contributed by atoms with Gasteiger partial charge in [0.15, 0.2) is 0 Å². The van der Waals surface area contributed by atoms with E-state index in [-0.39, 0.29) is 17.7 Å². The van der Waals surface area contributed by atoms with Gasteiger partial charge in [-0.05, 0) is 24.8 Å². The van der Waals surface area contributed by atoms with Gasteiger partial charge in [-0.2, -0.15) is 8.42 Å². The van der Waals surface area contributed by atoms with Gasteiger partial charge in [-0.25, -0.2) is 0 Å². The second-order valence-electron chi connectivity index (χ2n) is 3.95. The van der Waals surface area contributed by atoms with E-state index in [2.05, 4.69) is 0 Å². The Labute approximate surface area is 96.2 Å². The molecule has 0 unspecified atom stereocenters. The summed E-state index contributed by atoms with van der Waals surface area (Å²) in [5.74, 6) is -0.309. The topological polar surface area (TPSA) is 80.4 Å². The first-order chi connectivity index (χ1) is 7.40. The summed E-state index contributed by atoms with van der Waals surface area (Å²) in [5, 5.41) is 0. The highest BCUT2D eigenvalue weighted by Crippen LogP contribution is 2.22. The minimum atomic E-state index is -3.92. The highest BCUT2D eigenvalue weighted by Gasteiger charge is 2.18. The lowest BCUT2D eigenvalue weighted by Crippen LogP contribution is -2.26. The minimum Gasteiger partial charge on any atom is -0.327 e. The normalized spacial score (nSPS) is 15.7. The van der Waals surface area contributed by atoms with Crippen LogP contribution in [0.1, 0.15) is 24.8 Å². The molecule has 0 amide bonds. The van der Waals surface area contributed by atoms with Crippen molar-refractivity contribution in [1.29, 1.82) is 0 Å². The Hall–Kier alpha value is -0.910. The molecule has 1 aromatic rings. The van der Waals surface area contributed by atoms with Crippen molar-refractivity contribution in [2.45, 2.75) is 25.3 Å². The zero-order chi connectivity index (χ0) is 12.2. The molecule has 1 rings (SSSR count). The molecular weight excluding hydrogens is 226 g/mol. The van der Waals surface area contributed by atoms with E-state index in [9.17, 15) is 8.42 Å². The molecule has 0 radical (unpaired) electrons. The van der Waals surface area contributed by atoms with Crippen molar-refractivity contribution in [1.82, 2.24) is 0 Å². The average molecular weight is 243 g/mol. The Morgan fingerprint density at radius 3 is 2.31 bits per heavy atom. The Kier molecular flexibility index (Phi) is 4.46. The van der Waals surface area contributed by atoms with Crippen LogP contribution in [0.4, 0.5) is 0 Å². The molecule has 3 N–H and O–H groups in total. The summed E-state index contributed by atoms with van der Waals surface area (Å²) in [7, 11) is -3.92. The number of benzene rings is 1. The molecule has 0 saturated carbocycles. The van der Waals surface area contributed by atoms with Crippen molar-refractivity contribution < 1.29 is 13.0 Å². The lowest BCUT2D eigenvalue weighted by Gasteiger charge is -2.20. The van der Waals surface area contributed by atoms with Crippen molar-refractivity contribution in [3.05, 3.63) is 35.9 Å². The van der Waals surface area contributed by atoms with E-state index in [0.29, 0.717) is 6.42 Å². The molecule has 0 saturated heterocycles. The van der Waals surface area contributed by atoms with Crippen molar-refractivity contribution >= 4 is 10.1 Å². The third-order valence-corrected chi connectivity index (χ3v) is 3.30. The fraction of sp³-hybridized carbons (Fsp3) is 0.455. The van der Waals surface area contributed by atoms with Crippen molar-refractivity contribution in [3.63, 3.8) is 0 Å². The van der Waals surface area contributed by atoms with E-state index >= 15 is 0 Å². The van der Waals surface area contributed by atoms with Crippen molar-refractivity contribution in [2.24, 2.45) is 5.73 Å². The van der Waals surface area contributed by atoms with E-state index in [1.807, 2.05) is 37.3 Å². The molecule has 0 aliphatic heterocycles. The van der Waals surface area contributed by atoms with E-state index < -0.39 is 10.1 Å². The fourth-order valence-electron chi connectivity index (χ4n) is 1.71. The minimum absolute atomic E-state index is 0.0527. The van der Waals surface area contributed by atoms with E-state index in [1.54, 1.807) is 0 Å². The smallest absolute Gasteiger partial charge is 0.264 e. The van der Waals surface area contributed by atoms with Crippen LogP contribution >= 0.6 is 0 Å². The maximum Gasteiger partial charge on any atom is 0.264 e. The Morgan fingerprint density at radius 2 is 1.88 bits per heavy atom. The third-order valence-electron chi connectivity index (χ3n) is 2.55.